The summed E-state index contributed by atoms with van der Waals surface area (Å²) < 4.78 is 6.05. The summed E-state index contributed by atoms with van der Waals surface area (Å²) in [5, 5.41) is 30.0. The molecule has 0 spiro atoms. The van der Waals surface area contributed by atoms with Crippen LogP contribution in [0.2, 0.25) is 0 Å². The number of rotatable bonds is 2. The molecule has 0 radical (unpaired) electrons. The van der Waals surface area contributed by atoms with Gasteiger partial charge in [0.15, 0.2) is 5.78 Å². The van der Waals surface area contributed by atoms with Crippen molar-refractivity contribution in [3.8, 4) is 34.1 Å². The number of carbonyl (C=O) groups is 1. The number of Topliss-reactive ketones (excluding diaryl/α,β-unsaturated/α-hetero) is 1. The van der Waals surface area contributed by atoms with Crippen LogP contribution in [0.5, 0.6) is 23.0 Å². The summed E-state index contributed by atoms with van der Waals surface area (Å²) in [6, 6.07) is 16.7. The van der Waals surface area contributed by atoms with Crippen molar-refractivity contribution in [2.24, 2.45) is 0 Å². The summed E-state index contributed by atoms with van der Waals surface area (Å²) in [6.07, 6.45) is -0.510. The van der Waals surface area contributed by atoms with Gasteiger partial charge in [-0.05, 0) is 23.3 Å². The van der Waals surface area contributed by atoms with E-state index < -0.39 is 6.10 Å². The van der Waals surface area contributed by atoms with Crippen molar-refractivity contribution in [3.63, 3.8) is 0 Å². The highest BCUT2D eigenvalue weighted by molar-refractivity contribution is 6.05. The Balaban J connectivity index is 1.87. The first-order valence-corrected chi connectivity index (χ1v) is 8.17. The molecule has 1 unspecified atom stereocenters. The Hall–Kier alpha value is -3.47. The number of carbonyl (C=O) groups excluding carboxylic acids is 1. The second kappa shape index (κ2) is 6.11. The number of hydrogen-bond acceptors (Lipinski definition) is 5. The number of ketones is 1. The summed E-state index contributed by atoms with van der Waals surface area (Å²) >= 11 is 0. The second-order valence-electron chi connectivity index (χ2n) is 6.19. The van der Waals surface area contributed by atoms with Crippen molar-refractivity contribution < 1.29 is 24.9 Å². The van der Waals surface area contributed by atoms with Gasteiger partial charge in [-0.1, -0.05) is 42.5 Å². The van der Waals surface area contributed by atoms with Crippen LogP contribution in [-0.2, 0) is 0 Å². The summed E-state index contributed by atoms with van der Waals surface area (Å²) in [5.41, 5.74) is 1.86. The minimum atomic E-state index is -0.570. The van der Waals surface area contributed by atoms with Crippen molar-refractivity contribution in [2.45, 2.75) is 12.5 Å². The fraction of sp³-hybridized carbons (Fsp3) is 0.0952. The Bertz CT molecular complexity index is 978. The Kier molecular flexibility index (Phi) is 3.77. The third-order valence-electron chi connectivity index (χ3n) is 4.48. The first-order chi connectivity index (χ1) is 12.5. The van der Waals surface area contributed by atoms with E-state index >= 15 is 0 Å². The topological polar surface area (TPSA) is 87.0 Å². The van der Waals surface area contributed by atoms with Gasteiger partial charge in [-0.2, -0.15) is 0 Å². The molecular formula is C21H16O5. The number of phenolic OH excluding ortho intramolecular Hbond substituents is 3. The van der Waals surface area contributed by atoms with E-state index in [-0.39, 0.29) is 40.8 Å². The summed E-state index contributed by atoms with van der Waals surface area (Å²) in [7, 11) is 0. The molecule has 3 aromatic carbocycles. The summed E-state index contributed by atoms with van der Waals surface area (Å²) in [5.74, 6) is -0.434. The lowest BCUT2D eigenvalue weighted by atomic mass is 9.91. The van der Waals surface area contributed by atoms with Crippen molar-refractivity contribution in [1.82, 2.24) is 0 Å². The molecule has 0 fully saturated rings. The van der Waals surface area contributed by atoms with E-state index in [1.165, 1.54) is 18.2 Å². The highest BCUT2D eigenvalue weighted by Crippen LogP contribution is 2.49. The van der Waals surface area contributed by atoms with E-state index in [0.717, 1.165) is 5.56 Å². The maximum absolute atomic E-state index is 12.7. The van der Waals surface area contributed by atoms with Crippen molar-refractivity contribution in [3.05, 3.63) is 71.8 Å². The van der Waals surface area contributed by atoms with Gasteiger partial charge >= 0.3 is 0 Å². The van der Waals surface area contributed by atoms with Gasteiger partial charge in [0.1, 0.15) is 34.7 Å². The van der Waals surface area contributed by atoms with Gasteiger partial charge in [0.25, 0.3) is 0 Å². The lowest BCUT2D eigenvalue weighted by molar-refractivity contribution is 0.0846. The molecule has 4 rings (SSSR count). The average molecular weight is 348 g/mol. The average Bonchev–Trinajstić information content (AvgIpc) is 2.62. The molecule has 3 aromatic rings. The summed E-state index contributed by atoms with van der Waals surface area (Å²) in [6.45, 7) is 0. The Labute approximate surface area is 149 Å². The first-order valence-electron chi connectivity index (χ1n) is 8.17. The van der Waals surface area contributed by atoms with E-state index in [0.29, 0.717) is 11.1 Å². The molecule has 1 heterocycles. The van der Waals surface area contributed by atoms with Crippen molar-refractivity contribution in [2.75, 3.05) is 0 Å². The molecule has 1 atom stereocenters. The van der Waals surface area contributed by atoms with Gasteiger partial charge in [-0.3, -0.25) is 4.79 Å². The predicted molar refractivity (Wildman–Crippen MR) is 95.6 cm³/mol. The van der Waals surface area contributed by atoms with E-state index in [1.807, 2.05) is 18.2 Å². The van der Waals surface area contributed by atoms with Crippen LogP contribution in [0.25, 0.3) is 11.1 Å². The van der Waals surface area contributed by atoms with Crippen LogP contribution in [-0.4, -0.2) is 21.1 Å². The molecule has 130 valence electrons. The van der Waals surface area contributed by atoms with E-state index in [9.17, 15) is 20.1 Å². The predicted octanol–water partition coefficient (Wildman–Crippen LogP) is 4.18. The van der Waals surface area contributed by atoms with Crippen LogP contribution in [0.15, 0.2) is 60.7 Å². The fourth-order valence-electron chi connectivity index (χ4n) is 3.23. The van der Waals surface area contributed by atoms with Gasteiger partial charge in [-0.25, -0.2) is 0 Å². The van der Waals surface area contributed by atoms with Gasteiger partial charge in [0, 0.05) is 6.07 Å². The molecule has 26 heavy (non-hydrogen) atoms. The highest BCUT2D eigenvalue weighted by Gasteiger charge is 2.34. The number of benzene rings is 3. The number of phenols is 3. The smallest absolute Gasteiger partial charge is 0.174 e. The largest absolute Gasteiger partial charge is 0.508 e. The quantitative estimate of drug-likeness (QED) is 0.647. The van der Waals surface area contributed by atoms with Crippen LogP contribution in [0.3, 0.4) is 0 Å². The molecule has 5 nitrogen and oxygen atoms in total. The molecule has 0 aromatic heterocycles. The van der Waals surface area contributed by atoms with Crippen LogP contribution >= 0.6 is 0 Å². The first kappa shape index (κ1) is 16.0. The van der Waals surface area contributed by atoms with E-state index in [2.05, 4.69) is 0 Å². The maximum Gasteiger partial charge on any atom is 0.174 e. The molecule has 1 aliphatic rings. The molecular weight excluding hydrogens is 332 g/mol. The van der Waals surface area contributed by atoms with Crippen molar-refractivity contribution >= 4 is 5.78 Å². The summed E-state index contributed by atoms with van der Waals surface area (Å²) in [4.78, 5) is 12.7. The zero-order valence-electron chi connectivity index (χ0n) is 13.7. The molecule has 3 N–H and O–H groups in total. The highest BCUT2D eigenvalue weighted by atomic mass is 16.5. The van der Waals surface area contributed by atoms with E-state index in [1.54, 1.807) is 24.3 Å². The van der Waals surface area contributed by atoms with Crippen LogP contribution in [0.1, 0.15) is 28.4 Å². The lowest BCUT2D eigenvalue weighted by Gasteiger charge is -2.28. The van der Waals surface area contributed by atoms with Crippen LogP contribution < -0.4 is 4.74 Å². The molecule has 0 amide bonds. The number of aromatic hydroxyl groups is 3. The number of ether oxygens (including phenoxy) is 1. The standard InChI is InChI=1S/C21H16O5/c22-14-8-6-12(7-9-14)18-11-17(25)20-16(24)10-15(23)19(21(20)26-18)13-4-2-1-3-5-13/h1-10,18,22-24H,11H2. The number of fused-ring (bicyclic) bond motifs is 1. The van der Waals surface area contributed by atoms with Gasteiger partial charge in [-0.15, -0.1) is 0 Å². The zero-order valence-corrected chi connectivity index (χ0v) is 13.7. The minimum absolute atomic E-state index is 0.0599. The second-order valence-corrected chi connectivity index (χ2v) is 6.19. The SMILES string of the molecule is O=C1CC(c2ccc(O)cc2)Oc2c1c(O)cc(O)c2-c1ccccc1. The Morgan fingerprint density at radius 2 is 1.50 bits per heavy atom. The molecule has 5 heteroatoms. The van der Waals surface area contributed by atoms with Crippen LogP contribution in [0, 0.1) is 0 Å². The molecule has 1 aliphatic heterocycles. The minimum Gasteiger partial charge on any atom is -0.508 e. The van der Waals surface area contributed by atoms with Gasteiger partial charge < -0.3 is 20.1 Å². The third kappa shape index (κ3) is 2.63. The maximum atomic E-state index is 12.7. The Morgan fingerprint density at radius 3 is 2.19 bits per heavy atom. The molecule has 0 saturated carbocycles. The Morgan fingerprint density at radius 1 is 0.846 bits per heavy atom. The molecule has 0 bridgehead atoms. The van der Waals surface area contributed by atoms with Gasteiger partial charge in [0.05, 0.1) is 12.0 Å². The number of hydrogen-bond donors (Lipinski definition) is 3. The van der Waals surface area contributed by atoms with Crippen molar-refractivity contribution in [1.29, 1.82) is 0 Å². The third-order valence-corrected chi connectivity index (χ3v) is 4.48. The monoisotopic (exact) mass is 348 g/mol. The molecule has 0 saturated heterocycles. The van der Waals surface area contributed by atoms with E-state index in [4.69, 9.17) is 4.74 Å². The normalized spacial score (nSPS) is 16.0. The lowest BCUT2D eigenvalue weighted by Crippen LogP contribution is -2.21. The molecule has 0 aliphatic carbocycles. The fourth-order valence-corrected chi connectivity index (χ4v) is 3.23. The van der Waals surface area contributed by atoms with Crippen LogP contribution in [0.4, 0.5) is 0 Å². The zero-order chi connectivity index (χ0) is 18.3. The van der Waals surface area contributed by atoms with Gasteiger partial charge in [0.2, 0.25) is 0 Å².